The van der Waals surface area contributed by atoms with Gasteiger partial charge in [0.1, 0.15) is 0 Å². The second-order valence-electron chi connectivity index (χ2n) is 8.39. The molecule has 3 atom stereocenters. The molecule has 1 heterocycles. The second kappa shape index (κ2) is 23.8. The van der Waals surface area contributed by atoms with Gasteiger partial charge in [-0.15, -0.1) is 6.58 Å². The van der Waals surface area contributed by atoms with Crippen LogP contribution in [-0.2, 0) is 17.6 Å². The van der Waals surface area contributed by atoms with Crippen LogP contribution in [0.5, 0.6) is 0 Å². The number of aryl methyl sites for hydroxylation is 1. The molecule has 1 nitrogen and oxygen atoms in total. The lowest BCUT2D eigenvalue weighted by Crippen LogP contribution is -2.28. The van der Waals surface area contributed by atoms with Crippen molar-refractivity contribution in [3.8, 4) is 0 Å². The molecule has 3 unspecified atom stereocenters. The number of benzene rings is 2. The first-order valence-electron chi connectivity index (χ1n) is 14.6. The summed E-state index contributed by atoms with van der Waals surface area (Å²) in [4.78, 5) is 0. The number of ether oxygens (including phenoxy) is 1. The summed E-state index contributed by atoms with van der Waals surface area (Å²) < 4.78 is 6.48. The van der Waals surface area contributed by atoms with Crippen molar-refractivity contribution in [2.24, 2.45) is 5.92 Å². The summed E-state index contributed by atoms with van der Waals surface area (Å²) in [5.41, 5.74) is 5.18. The summed E-state index contributed by atoms with van der Waals surface area (Å²) in [6, 6.07) is 15.4. The zero-order chi connectivity index (χ0) is 27.9. The highest BCUT2D eigenvalue weighted by Crippen LogP contribution is 2.38. The lowest BCUT2D eigenvalue weighted by Gasteiger charge is -2.35. The van der Waals surface area contributed by atoms with E-state index in [0.29, 0.717) is 6.10 Å². The summed E-state index contributed by atoms with van der Waals surface area (Å²) >= 11 is 6.54. The molecule has 1 fully saturated rings. The third kappa shape index (κ3) is 13.7. The summed E-state index contributed by atoms with van der Waals surface area (Å²) in [6.07, 6.45) is 10.2. The Morgan fingerprint density at radius 2 is 1.44 bits per heavy atom. The highest BCUT2D eigenvalue weighted by Gasteiger charge is 2.29. The Morgan fingerprint density at radius 1 is 0.889 bits per heavy atom. The van der Waals surface area contributed by atoms with Gasteiger partial charge in [-0.3, -0.25) is 0 Å². The van der Waals surface area contributed by atoms with E-state index in [9.17, 15) is 0 Å². The van der Waals surface area contributed by atoms with Gasteiger partial charge in [-0.1, -0.05) is 129 Å². The first-order chi connectivity index (χ1) is 17.5. The number of hydrogen-bond acceptors (Lipinski definition) is 1. The lowest BCUT2D eigenvalue weighted by molar-refractivity contribution is -0.0769. The fraction of sp³-hybridized carbons (Fsp3) is 0.588. The number of rotatable bonds is 7. The molecule has 1 saturated heterocycles. The van der Waals surface area contributed by atoms with Crippen LogP contribution in [0.3, 0.4) is 0 Å². The highest BCUT2D eigenvalue weighted by atomic mass is 35.5. The van der Waals surface area contributed by atoms with Gasteiger partial charge >= 0.3 is 0 Å². The zero-order valence-electron chi connectivity index (χ0n) is 25.3. The molecule has 2 heteroatoms. The monoisotopic (exact) mass is 516 g/mol. The van der Waals surface area contributed by atoms with Gasteiger partial charge in [-0.05, 0) is 73.3 Å². The van der Waals surface area contributed by atoms with E-state index < -0.39 is 0 Å². The van der Waals surface area contributed by atoms with Gasteiger partial charge in [0.15, 0.2) is 0 Å². The third-order valence-electron chi connectivity index (χ3n) is 5.96. The molecule has 2 aromatic rings. The molecule has 0 radical (unpaired) electrons. The van der Waals surface area contributed by atoms with Crippen LogP contribution >= 0.6 is 11.6 Å². The largest absolute Gasteiger partial charge is 0.370 e. The van der Waals surface area contributed by atoms with E-state index in [0.717, 1.165) is 36.6 Å². The van der Waals surface area contributed by atoms with Crippen LogP contribution in [-0.4, -0.2) is 6.10 Å². The average Bonchev–Trinajstić information content (AvgIpc) is 2.94. The van der Waals surface area contributed by atoms with Gasteiger partial charge in [-0.25, -0.2) is 0 Å². The predicted molar refractivity (Wildman–Crippen MR) is 166 cm³/mol. The van der Waals surface area contributed by atoms with Crippen LogP contribution in [0.1, 0.15) is 130 Å². The average molecular weight is 517 g/mol. The predicted octanol–water partition coefficient (Wildman–Crippen LogP) is 11.8. The summed E-state index contributed by atoms with van der Waals surface area (Å²) in [5, 5.41) is 0.853. The first kappa shape index (κ1) is 36.6. The van der Waals surface area contributed by atoms with Crippen LogP contribution in [0.25, 0.3) is 0 Å². The minimum absolute atomic E-state index is 0.207. The Hall–Kier alpha value is -1.57. The fourth-order valence-electron chi connectivity index (χ4n) is 4.21. The fourth-order valence-corrected chi connectivity index (χ4v) is 4.40. The molecule has 0 saturated carbocycles. The van der Waals surface area contributed by atoms with Crippen LogP contribution < -0.4 is 0 Å². The molecule has 0 N–H and O–H groups in total. The van der Waals surface area contributed by atoms with Gasteiger partial charge in [0.2, 0.25) is 0 Å². The Balaban J connectivity index is 0. The molecule has 0 bridgehead atoms. The van der Waals surface area contributed by atoms with Crippen LogP contribution in [0, 0.1) is 5.92 Å². The maximum absolute atomic E-state index is 6.54. The molecule has 0 spiro atoms. The van der Waals surface area contributed by atoms with E-state index in [1.54, 1.807) is 6.08 Å². The molecule has 3 rings (SSSR count). The van der Waals surface area contributed by atoms with Crippen molar-refractivity contribution in [1.29, 1.82) is 0 Å². The normalized spacial score (nSPS) is 17.9. The maximum atomic E-state index is 6.54. The molecule has 206 valence electrons. The van der Waals surface area contributed by atoms with Crippen molar-refractivity contribution in [2.45, 2.75) is 126 Å². The van der Waals surface area contributed by atoms with E-state index in [1.165, 1.54) is 41.5 Å². The zero-order valence-corrected chi connectivity index (χ0v) is 26.0. The lowest BCUT2D eigenvalue weighted by atomic mass is 9.85. The standard InChI is InChI=1S/C25H33ClO.C3H6.3C2H6/c1-4-7-23-15-19(6-3)16-25(27-23)21-12-13-24(26)22(17-21)14-20-10-8-18(5-2)9-11-20;1-3-2;3*1-2/h8-13,17,19,23,25H,4-7,14-16H2,1-3H3;3H,1H2,2H3;3*1-2H3. The van der Waals surface area contributed by atoms with Crippen molar-refractivity contribution in [1.82, 2.24) is 0 Å². The van der Waals surface area contributed by atoms with E-state index in [-0.39, 0.29) is 6.10 Å². The van der Waals surface area contributed by atoms with Crippen molar-refractivity contribution in [3.05, 3.63) is 82.4 Å². The van der Waals surface area contributed by atoms with Crippen molar-refractivity contribution in [3.63, 3.8) is 0 Å². The van der Waals surface area contributed by atoms with E-state index in [4.69, 9.17) is 16.3 Å². The summed E-state index contributed by atoms with van der Waals surface area (Å²) in [7, 11) is 0. The smallest absolute Gasteiger partial charge is 0.0831 e. The van der Waals surface area contributed by atoms with E-state index >= 15 is 0 Å². The van der Waals surface area contributed by atoms with Crippen LogP contribution in [0.4, 0.5) is 0 Å². The Kier molecular flexibility index (Phi) is 24.2. The third-order valence-corrected chi connectivity index (χ3v) is 6.32. The van der Waals surface area contributed by atoms with Crippen molar-refractivity contribution < 1.29 is 4.74 Å². The minimum atomic E-state index is 0.207. The SMILES string of the molecule is C=CC.CC.CC.CC.CCCC1CC(CC)CC(c2ccc(Cl)c(Cc3ccc(CC)cc3)c2)O1. The molecular weight excluding hydrogens is 460 g/mol. The Bertz CT molecular complexity index is 765. The van der Waals surface area contributed by atoms with E-state index in [2.05, 4.69) is 69.8 Å². The van der Waals surface area contributed by atoms with Crippen molar-refractivity contribution in [2.75, 3.05) is 0 Å². The maximum Gasteiger partial charge on any atom is 0.0831 e. The van der Waals surface area contributed by atoms with Crippen LogP contribution in [0.2, 0.25) is 5.02 Å². The number of halogens is 1. The first-order valence-corrected chi connectivity index (χ1v) is 15.0. The van der Waals surface area contributed by atoms with Gasteiger partial charge in [0, 0.05) is 5.02 Å². The van der Waals surface area contributed by atoms with Crippen LogP contribution in [0.15, 0.2) is 55.1 Å². The minimum Gasteiger partial charge on any atom is -0.370 e. The molecule has 36 heavy (non-hydrogen) atoms. The van der Waals surface area contributed by atoms with Gasteiger partial charge < -0.3 is 4.74 Å². The molecule has 0 aliphatic carbocycles. The number of allylic oxidation sites excluding steroid dienone is 1. The number of hydrogen-bond donors (Lipinski definition) is 0. The van der Waals surface area contributed by atoms with Crippen molar-refractivity contribution >= 4 is 11.6 Å². The quantitative estimate of drug-likeness (QED) is 0.332. The van der Waals surface area contributed by atoms with E-state index in [1.807, 2.05) is 48.5 Å². The topological polar surface area (TPSA) is 9.23 Å². The Morgan fingerprint density at radius 3 is 1.94 bits per heavy atom. The second-order valence-corrected chi connectivity index (χ2v) is 8.79. The van der Waals surface area contributed by atoms with Gasteiger partial charge in [-0.2, -0.15) is 0 Å². The summed E-state index contributed by atoms with van der Waals surface area (Å²) in [5.74, 6) is 0.765. The molecule has 1 aliphatic heterocycles. The molecule has 0 amide bonds. The molecule has 2 aromatic carbocycles. The van der Waals surface area contributed by atoms with Gasteiger partial charge in [0.05, 0.1) is 12.2 Å². The Labute approximate surface area is 230 Å². The highest BCUT2D eigenvalue weighted by molar-refractivity contribution is 6.31. The molecule has 0 aromatic heterocycles. The molecule has 1 aliphatic rings. The summed E-state index contributed by atoms with van der Waals surface area (Å²) in [6.45, 7) is 24.0. The van der Waals surface area contributed by atoms with Gasteiger partial charge in [0.25, 0.3) is 0 Å². The molecular formula is C34H57ClO.